The first-order valence-corrected chi connectivity index (χ1v) is 11.6. The van der Waals surface area contributed by atoms with Gasteiger partial charge in [0.15, 0.2) is 0 Å². The quantitative estimate of drug-likeness (QED) is 0.299. The molecule has 2 N–H and O–H groups in total. The molecule has 172 valence electrons. The van der Waals surface area contributed by atoms with Crippen LogP contribution in [0.15, 0.2) is 0 Å². The average molecular weight is 605 g/mol. The molecule has 0 aromatic carbocycles. The van der Waals surface area contributed by atoms with E-state index in [0.29, 0.717) is 25.6 Å². The van der Waals surface area contributed by atoms with Crippen molar-refractivity contribution in [2.75, 3.05) is 13.2 Å². The number of hydrogen-bond donors (Lipinski definition) is 1. The van der Waals surface area contributed by atoms with E-state index in [4.69, 9.17) is 29.0 Å². The minimum atomic E-state index is -4.53. The van der Waals surface area contributed by atoms with Gasteiger partial charge in [-0.3, -0.25) is 4.57 Å². The molecular weight excluding hydrogens is 569 g/mol. The number of ether oxygens (including phenoxy) is 3. The zero-order chi connectivity index (χ0) is 21.1. The van der Waals surface area contributed by atoms with Gasteiger partial charge in [-0.25, -0.2) is 0 Å². The predicted octanol–water partition coefficient (Wildman–Crippen LogP) is 2.40. The molecule has 0 bridgehead atoms. The minimum absolute atomic E-state index is 0. The van der Waals surface area contributed by atoms with E-state index in [0.717, 1.165) is 0 Å². The Morgan fingerprint density at radius 1 is 1.21 bits per heavy atom. The molecule has 0 aromatic rings. The van der Waals surface area contributed by atoms with Gasteiger partial charge in [0, 0.05) is 45.2 Å². The summed E-state index contributed by atoms with van der Waals surface area (Å²) in [6, 6.07) is -0.180. The molecule has 2 rings (SSSR count). The molecule has 1 saturated heterocycles. The molecule has 8 nitrogen and oxygen atoms in total. The van der Waals surface area contributed by atoms with Crippen molar-refractivity contribution < 1.29 is 53.8 Å². The fourth-order valence-electron chi connectivity index (χ4n) is 3.75. The molecule has 29 heavy (non-hydrogen) atoms. The topological polar surface area (TPSA) is 112 Å². The van der Waals surface area contributed by atoms with Crippen molar-refractivity contribution in [1.29, 1.82) is 0 Å². The van der Waals surface area contributed by atoms with Crippen LogP contribution in [0.2, 0.25) is 0 Å². The third-order valence-electron chi connectivity index (χ3n) is 5.18. The molecule has 1 aliphatic heterocycles. The monoisotopic (exact) mass is 605 g/mol. The smallest absolute Gasteiger partial charge is 0.265 e. The summed E-state index contributed by atoms with van der Waals surface area (Å²) in [5.74, 6) is -0.0568. The maximum absolute atomic E-state index is 12.4. The summed E-state index contributed by atoms with van der Waals surface area (Å²) >= 11 is 0. The Bertz CT molecular complexity index is 539. The predicted molar refractivity (Wildman–Crippen MR) is 103 cm³/mol. The minimum Gasteiger partial charge on any atom is -0.756 e. The van der Waals surface area contributed by atoms with Crippen LogP contribution in [0, 0.1) is 17.9 Å². The van der Waals surface area contributed by atoms with Crippen molar-refractivity contribution in [3.8, 4) is 0 Å². The maximum Gasteiger partial charge on any atom is 0.265 e. The summed E-state index contributed by atoms with van der Waals surface area (Å²) in [6.07, 6.45) is 0.876. The van der Waals surface area contributed by atoms with Crippen molar-refractivity contribution >= 4 is 7.82 Å². The van der Waals surface area contributed by atoms with E-state index in [1.165, 1.54) is 0 Å². The fraction of sp³-hybridized carbons (Fsp3) is 0.947. The summed E-state index contributed by atoms with van der Waals surface area (Å²) in [5, 5.41) is 0. The number of nitrogens with two attached hydrogens (primary N) is 1. The maximum atomic E-state index is 12.4. The summed E-state index contributed by atoms with van der Waals surface area (Å²) < 4.78 is 40.1. The van der Waals surface area contributed by atoms with Gasteiger partial charge in [-0.2, -0.15) is 0 Å². The second kappa shape index (κ2) is 12.0. The largest absolute Gasteiger partial charge is 0.756 e. The Morgan fingerprint density at radius 3 is 2.45 bits per heavy atom. The van der Waals surface area contributed by atoms with Crippen LogP contribution in [0.25, 0.3) is 0 Å². The van der Waals surface area contributed by atoms with Gasteiger partial charge in [-0.05, 0) is 66.1 Å². The number of hydrogen-bond acceptors (Lipinski definition) is 8. The molecule has 1 saturated carbocycles. The summed E-state index contributed by atoms with van der Waals surface area (Å²) in [4.78, 5) is 12.4. The van der Waals surface area contributed by atoms with E-state index in [1.807, 2.05) is 41.5 Å². The van der Waals surface area contributed by atoms with Gasteiger partial charge in [0.2, 0.25) is 0 Å². The molecule has 0 amide bonds. The molecule has 0 aromatic heterocycles. The molecule has 2 aliphatic rings. The molecule has 7 atom stereocenters. The first kappa shape index (κ1) is 27.7. The molecule has 0 radical (unpaired) electrons. The van der Waals surface area contributed by atoms with Crippen LogP contribution in [-0.4, -0.2) is 49.8 Å². The summed E-state index contributed by atoms with van der Waals surface area (Å²) in [7, 11) is -4.53. The van der Waals surface area contributed by atoms with Gasteiger partial charge in [-0.15, -0.1) is 6.10 Å². The normalized spacial score (nSPS) is 35.2. The zero-order valence-electron chi connectivity index (χ0n) is 18.2. The van der Waals surface area contributed by atoms with Crippen LogP contribution in [0.4, 0.5) is 0 Å². The molecule has 10 heteroatoms. The number of phosphoric acid groups is 1. The van der Waals surface area contributed by atoms with Crippen LogP contribution >= 0.6 is 7.82 Å². The van der Waals surface area contributed by atoms with Crippen LogP contribution in [0.1, 0.15) is 54.4 Å². The molecule has 0 spiro atoms. The van der Waals surface area contributed by atoms with Gasteiger partial charge < -0.3 is 33.9 Å². The Balaban J connectivity index is 0.00000420. The SMILES string of the molecule is CC(C)OC[C@@H]1C(OP(=O)([O-])OC[C-]2O[C@@H](C)CC2OC(C)C)C[C@H](C)C1N.[W]. The van der Waals surface area contributed by atoms with E-state index < -0.39 is 13.9 Å². The van der Waals surface area contributed by atoms with Crippen molar-refractivity contribution in [3.05, 3.63) is 6.10 Å². The van der Waals surface area contributed by atoms with Crippen molar-refractivity contribution in [2.45, 2.75) is 90.9 Å². The number of phosphoric ester groups is 1. The molecule has 2 fully saturated rings. The Kier molecular flexibility index (Phi) is 11.5. The first-order valence-electron chi connectivity index (χ1n) is 10.2. The van der Waals surface area contributed by atoms with Crippen molar-refractivity contribution in [1.82, 2.24) is 0 Å². The van der Waals surface area contributed by atoms with E-state index >= 15 is 0 Å². The Hall–Kier alpha value is 0.638. The first-order chi connectivity index (χ1) is 13.0. The van der Waals surface area contributed by atoms with E-state index in [2.05, 4.69) is 0 Å². The second-order valence-electron chi connectivity index (χ2n) is 8.50. The molecular formula is C19H36NO7PW-2. The third-order valence-corrected chi connectivity index (χ3v) is 6.15. The van der Waals surface area contributed by atoms with E-state index in [-0.39, 0.29) is 70.0 Å². The van der Waals surface area contributed by atoms with Crippen molar-refractivity contribution in [2.24, 2.45) is 17.6 Å². The van der Waals surface area contributed by atoms with E-state index in [1.54, 1.807) is 0 Å². The average Bonchev–Trinajstić information content (AvgIpc) is 3.02. The van der Waals surface area contributed by atoms with Gasteiger partial charge in [0.05, 0.1) is 18.8 Å². The standard InChI is InChI=1S/C19H37NO7P.W/c1-11(2)23-9-15-16(7-13(5)19(15)20)27-28(21,22)24-10-18-17(25-12(3)4)8-14(6)26-18;/h11-17,19H,7-10,20H2,1-6H3,(H,21,22);/q-1;/p-1/t13-,14-,15+,16?,17?,19?;/m0./s1. The molecule has 4 unspecified atom stereocenters. The van der Waals surface area contributed by atoms with Crippen LogP contribution in [-0.2, 0) is 48.9 Å². The number of rotatable bonds is 10. The zero-order valence-corrected chi connectivity index (χ0v) is 22.1. The van der Waals surface area contributed by atoms with Gasteiger partial charge in [0.1, 0.15) is 0 Å². The van der Waals surface area contributed by atoms with Crippen LogP contribution in [0.5, 0.6) is 0 Å². The molecule has 1 aliphatic carbocycles. The second-order valence-corrected chi connectivity index (χ2v) is 9.87. The Labute approximate surface area is 189 Å². The van der Waals surface area contributed by atoms with Crippen LogP contribution in [0.3, 0.4) is 0 Å². The molecule has 1 heterocycles. The van der Waals surface area contributed by atoms with E-state index in [9.17, 15) is 9.46 Å². The third kappa shape index (κ3) is 8.59. The Morgan fingerprint density at radius 2 is 1.86 bits per heavy atom. The van der Waals surface area contributed by atoms with Gasteiger partial charge in [0.25, 0.3) is 7.82 Å². The van der Waals surface area contributed by atoms with Gasteiger partial charge >= 0.3 is 0 Å². The summed E-state index contributed by atoms with van der Waals surface area (Å²) in [5.41, 5.74) is 6.24. The van der Waals surface area contributed by atoms with Crippen LogP contribution < -0.4 is 10.6 Å². The fourth-order valence-corrected chi connectivity index (χ4v) is 4.67. The summed E-state index contributed by atoms with van der Waals surface area (Å²) in [6.45, 7) is 11.8. The van der Waals surface area contributed by atoms with Crippen molar-refractivity contribution in [3.63, 3.8) is 0 Å². The van der Waals surface area contributed by atoms with Gasteiger partial charge in [-0.1, -0.05) is 6.92 Å².